The second kappa shape index (κ2) is 5.70. The summed E-state index contributed by atoms with van der Waals surface area (Å²) in [5, 5.41) is 0. The summed E-state index contributed by atoms with van der Waals surface area (Å²) in [5.74, 6) is 0.792. The maximum absolute atomic E-state index is 6.10. The molecule has 0 amide bonds. The van der Waals surface area contributed by atoms with Crippen molar-refractivity contribution in [1.29, 1.82) is 0 Å². The molecule has 17 heavy (non-hydrogen) atoms. The predicted molar refractivity (Wildman–Crippen MR) is 72.7 cm³/mol. The molecule has 0 saturated heterocycles. The molecular formula is C13H15N3S. The van der Waals surface area contributed by atoms with Crippen LogP contribution in [0, 0.1) is 0 Å². The van der Waals surface area contributed by atoms with Crippen LogP contribution in [0.15, 0.2) is 53.7 Å². The molecular weight excluding hydrogens is 230 g/mol. The molecule has 1 heterocycles. The molecule has 1 atom stereocenters. The Morgan fingerprint density at radius 1 is 1.18 bits per heavy atom. The fourth-order valence-electron chi connectivity index (χ4n) is 1.52. The first-order valence-corrected chi connectivity index (χ1v) is 6.39. The first-order chi connectivity index (χ1) is 8.27. The summed E-state index contributed by atoms with van der Waals surface area (Å²) in [6.07, 6.45) is 3.42. The predicted octanol–water partition coefficient (Wildman–Crippen LogP) is 2.46. The third kappa shape index (κ3) is 3.22. The van der Waals surface area contributed by atoms with Gasteiger partial charge in [0.1, 0.15) is 0 Å². The van der Waals surface area contributed by atoms with E-state index in [1.807, 2.05) is 18.2 Å². The van der Waals surface area contributed by atoms with E-state index >= 15 is 0 Å². The van der Waals surface area contributed by atoms with Crippen LogP contribution < -0.4 is 11.5 Å². The van der Waals surface area contributed by atoms with Crippen LogP contribution in [-0.4, -0.2) is 10.7 Å². The zero-order valence-corrected chi connectivity index (χ0v) is 10.2. The van der Waals surface area contributed by atoms with Crippen molar-refractivity contribution < 1.29 is 0 Å². The highest BCUT2D eigenvalue weighted by Crippen LogP contribution is 2.25. The van der Waals surface area contributed by atoms with Crippen molar-refractivity contribution in [3.05, 3.63) is 54.4 Å². The first-order valence-electron chi connectivity index (χ1n) is 5.40. The first kappa shape index (κ1) is 12.0. The average Bonchev–Trinajstić information content (AvgIpc) is 2.38. The van der Waals surface area contributed by atoms with Gasteiger partial charge in [-0.2, -0.15) is 0 Å². The summed E-state index contributed by atoms with van der Waals surface area (Å²) in [6, 6.07) is 11.9. The Kier molecular flexibility index (Phi) is 4.01. The Hall–Kier alpha value is -1.52. The molecule has 0 saturated carbocycles. The van der Waals surface area contributed by atoms with Crippen molar-refractivity contribution in [2.24, 2.45) is 5.73 Å². The molecule has 0 aliphatic heterocycles. The molecule has 0 aliphatic rings. The van der Waals surface area contributed by atoms with Crippen LogP contribution in [0.1, 0.15) is 11.6 Å². The van der Waals surface area contributed by atoms with Crippen molar-refractivity contribution in [2.75, 3.05) is 11.5 Å². The van der Waals surface area contributed by atoms with E-state index in [4.69, 9.17) is 11.5 Å². The van der Waals surface area contributed by atoms with Crippen LogP contribution >= 0.6 is 11.8 Å². The molecule has 2 rings (SSSR count). The minimum atomic E-state index is -0.0890. The fraction of sp³-hybridized carbons (Fsp3) is 0.154. The van der Waals surface area contributed by atoms with Gasteiger partial charge in [0.15, 0.2) is 0 Å². The lowest BCUT2D eigenvalue weighted by molar-refractivity contribution is 0.827. The van der Waals surface area contributed by atoms with Gasteiger partial charge in [0.2, 0.25) is 0 Å². The largest absolute Gasteiger partial charge is 0.398 e. The Morgan fingerprint density at radius 2 is 1.94 bits per heavy atom. The maximum atomic E-state index is 6.10. The minimum Gasteiger partial charge on any atom is -0.398 e. The van der Waals surface area contributed by atoms with Gasteiger partial charge in [-0.25, -0.2) is 0 Å². The number of rotatable bonds is 4. The van der Waals surface area contributed by atoms with Crippen LogP contribution in [-0.2, 0) is 0 Å². The molecule has 3 nitrogen and oxygen atoms in total. The van der Waals surface area contributed by atoms with Crippen molar-refractivity contribution in [3.63, 3.8) is 0 Å². The molecule has 1 aromatic heterocycles. The summed E-state index contributed by atoms with van der Waals surface area (Å²) in [4.78, 5) is 5.27. The second-order valence-electron chi connectivity index (χ2n) is 3.74. The summed E-state index contributed by atoms with van der Waals surface area (Å²) >= 11 is 1.72. The molecule has 0 radical (unpaired) electrons. The molecule has 1 unspecified atom stereocenters. The number of anilines is 1. The molecule has 88 valence electrons. The lowest BCUT2D eigenvalue weighted by Crippen LogP contribution is -2.15. The topological polar surface area (TPSA) is 64.9 Å². The molecule has 0 bridgehead atoms. The molecule has 1 aromatic carbocycles. The number of aromatic nitrogens is 1. The van der Waals surface area contributed by atoms with E-state index in [1.54, 1.807) is 30.2 Å². The summed E-state index contributed by atoms with van der Waals surface area (Å²) < 4.78 is 0. The van der Waals surface area contributed by atoms with Crippen LogP contribution in [0.25, 0.3) is 0 Å². The van der Waals surface area contributed by atoms with E-state index in [0.717, 1.165) is 11.3 Å². The quantitative estimate of drug-likeness (QED) is 0.812. The zero-order chi connectivity index (χ0) is 12.1. The summed E-state index contributed by atoms with van der Waals surface area (Å²) in [5.41, 5.74) is 13.6. The summed E-state index contributed by atoms with van der Waals surface area (Å²) in [6.45, 7) is 0. The Bertz CT molecular complexity index is 473. The Labute approximate surface area is 105 Å². The lowest BCUT2D eigenvalue weighted by atomic mass is 10.1. The number of pyridine rings is 1. The highest BCUT2D eigenvalue weighted by Gasteiger charge is 2.09. The van der Waals surface area contributed by atoms with E-state index in [9.17, 15) is 0 Å². The van der Waals surface area contributed by atoms with Gasteiger partial charge in [-0.05, 0) is 18.2 Å². The van der Waals surface area contributed by atoms with Gasteiger partial charge >= 0.3 is 0 Å². The lowest BCUT2D eigenvalue weighted by Gasteiger charge is -2.13. The van der Waals surface area contributed by atoms with E-state index in [-0.39, 0.29) is 6.04 Å². The third-order valence-corrected chi connectivity index (χ3v) is 3.59. The van der Waals surface area contributed by atoms with Crippen LogP contribution in [0.4, 0.5) is 5.69 Å². The fourth-order valence-corrected chi connectivity index (χ4v) is 2.42. The van der Waals surface area contributed by atoms with Crippen molar-refractivity contribution in [1.82, 2.24) is 4.98 Å². The zero-order valence-electron chi connectivity index (χ0n) is 9.41. The van der Waals surface area contributed by atoms with Crippen molar-refractivity contribution in [3.8, 4) is 0 Å². The van der Waals surface area contributed by atoms with Gasteiger partial charge in [-0.1, -0.05) is 18.2 Å². The van der Waals surface area contributed by atoms with E-state index in [1.165, 1.54) is 4.90 Å². The van der Waals surface area contributed by atoms with E-state index in [0.29, 0.717) is 5.69 Å². The van der Waals surface area contributed by atoms with E-state index in [2.05, 4.69) is 17.1 Å². The SMILES string of the molecule is Nc1ccncc1C(N)CSc1ccccc1. The third-order valence-electron chi connectivity index (χ3n) is 2.46. The number of thioether (sulfide) groups is 1. The molecule has 0 aliphatic carbocycles. The molecule has 0 fully saturated rings. The van der Waals surface area contributed by atoms with Gasteiger partial charge in [0.05, 0.1) is 0 Å². The molecule has 2 aromatic rings. The number of nitrogens with zero attached hydrogens (tertiary/aromatic N) is 1. The molecule has 4 N–H and O–H groups in total. The second-order valence-corrected chi connectivity index (χ2v) is 4.83. The number of benzene rings is 1. The van der Waals surface area contributed by atoms with Crippen LogP contribution in [0.3, 0.4) is 0 Å². The highest BCUT2D eigenvalue weighted by atomic mass is 32.2. The van der Waals surface area contributed by atoms with E-state index < -0.39 is 0 Å². The summed E-state index contributed by atoms with van der Waals surface area (Å²) in [7, 11) is 0. The van der Waals surface area contributed by atoms with Crippen molar-refractivity contribution in [2.45, 2.75) is 10.9 Å². The van der Waals surface area contributed by atoms with Gasteiger partial charge in [-0.15, -0.1) is 11.8 Å². The normalized spacial score (nSPS) is 12.3. The standard InChI is InChI=1S/C13H15N3S/c14-12-6-7-16-8-11(12)13(15)9-17-10-4-2-1-3-5-10/h1-8,13H,9,15H2,(H2,14,16). The minimum absolute atomic E-state index is 0.0890. The highest BCUT2D eigenvalue weighted by molar-refractivity contribution is 7.99. The monoisotopic (exact) mass is 245 g/mol. The van der Waals surface area contributed by atoms with Crippen LogP contribution in [0.2, 0.25) is 0 Å². The average molecular weight is 245 g/mol. The van der Waals surface area contributed by atoms with Gasteiger partial charge in [-0.3, -0.25) is 4.98 Å². The van der Waals surface area contributed by atoms with Gasteiger partial charge in [0.25, 0.3) is 0 Å². The number of hydrogen-bond donors (Lipinski definition) is 2. The Balaban J connectivity index is 1.99. The smallest absolute Gasteiger partial charge is 0.0426 e. The number of nitrogens with two attached hydrogens (primary N) is 2. The van der Waals surface area contributed by atoms with Gasteiger partial charge < -0.3 is 11.5 Å². The van der Waals surface area contributed by atoms with Gasteiger partial charge in [0, 0.05) is 40.3 Å². The number of hydrogen-bond acceptors (Lipinski definition) is 4. The number of nitrogen functional groups attached to an aromatic ring is 1. The molecule has 4 heteroatoms. The maximum Gasteiger partial charge on any atom is 0.0426 e. The van der Waals surface area contributed by atoms with Crippen LogP contribution in [0.5, 0.6) is 0 Å². The van der Waals surface area contributed by atoms with Crippen molar-refractivity contribution >= 4 is 17.4 Å². The molecule has 0 spiro atoms. The Morgan fingerprint density at radius 3 is 2.65 bits per heavy atom.